The SMILES string of the molecule is COc1cc(/C=C2\C3=CC=C(F)CC3C(CNC(=O)CC(=O)C=C[NH3+])=C2C)cc(OC)c1OC(C)C1CCCCN(C)CC1. The Morgan fingerprint density at radius 2 is 1.86 bits per heavy atom. The average molecular weight is 609 g/mol. The number of hydrogen-bond donors (Lipinski definition) is 2. The number of benzene rings is 1. The molecule has 1 aliphatic heterocycles. The van der Waals surface area contributed by atoms with Gasteiger partial charge in [0.05, 0.1) is 32.9 Å². The van der Waals surface area contributed by atoms with Crippen LogP contribution in [0.4, 0.5) is 4.39 Å². The highest BCUT2D eigenvalue weighted by Gasteiger charge is 2.34. The molecule has 9 heteroatoms. The quantitative estimate of drug-likeness (QED) is 0.273. The third-order valence-electron chi connectivity index (χ3n) is 8.96. The van der Waals surface area contributed by atoms with E-state index in [0.717, 1.165) is 53.8 Å². The first kappa shape index (κ1) is 33.2. The van der Waals surface area contributed by atoms with Crippen LogP contribution >= 0.6 is 0 Å². The summed E-state index contributed by atoms with van der Waals surface area (Å²) in [5.41, 5.74) is 8.20. The van der Waals surface area contributed by atoms with Gasteiger partial charge in [0.2, 0.25) is 11.7 Å². The summed E-state index contributed by atoms with van der Waals surface area (Å²) in [6, 6.07) is 3.88. The summed E-state index contributed by atoms with van der Waals surface area (Å²) in [6.07, 6.45) is 12.6. The molecule has 0 aromatic heterocycles. The lowest BCUT2D eigenvalue weighted by atomic mass is 9.87. The molecule has 3 unspecified atom stereocenters. The summed E-state index contributed by atoms with van der Waals surface area (Å²) >= 11 is 0. The van der Waals surface area contributed by atoms with E-state index < -0.39 is 0 Å². The third-order valence-corrected chi connectivity index (χ3v) is 8.96. The lowest BCUT2D eigenvalue weighted by molar-refractivity contribution is -0.274. The van der Waals surface area contributed by atoms with E-state index in [1.165, 1.54) is 31.2 Å². The number of rotatable bonds is 11. The summed E-state index contributed by atoms with van der Waals surface area (Å²) in [5.74, 6) is 1.09. The molecule has 4 N–H and O–H groups in total. The van der Waals surface area contributed by atoms with Crippen LogP contribution in [0.1, 0.15) is 57.9 Å². The smallest absolute Gasteiger partial charge is 0.228 e. The van der Waals surface area contributed by atoms with Gasteiger partial charge in [0.15, 0.2) is 17.3 Å². The van der Waals surface area contributed by atoms with E-state index in [-0.39, 0.29) is 48.9 Å². The van der Waals surface area contributed by atoms with Crippen molar-refractivity contribution in [1.29, 1.82) is 0 Å². The highest BCUT2D eigenvalue weighted by molar-refractivity contribution is 6.03. The number of likely N-dealkylation sites (tertiary alicyclic amines) is 1. The van der Waals surface area contributed by atoms with Crippen molar-refractivity contribution >= 4 is 17.8 Å². The molecule has 0 bridgehead atoms. The van der Waals surface area contributed by atoms with Crippen LogP contribution in [0.5, 0.6) is 17.2 Å². The average Bonchev–Trinajstić information content (AvgIpc) is 3.23. The molecule has 1 aromatic rings. The number of carbonyl (C=O) groups excluding carboxylic acids is 2. The summed E-state index contributed by atoms with van der Waals surface area (Å²) in [7, 11) is 5.43. The van der Waals surface area contributed by atoms with Gasteiger partial charge in [-0.2, -0.15) is 0 Å². The minimum atomic E-state index is -0.381. The second kappa shape index (κ2) is 15.3. The van der Waals surface area contributed by atoms with Crippen LogP contribution in [0, 0.1) is 11.8 Å². The minimum absolute atomic E-state index is 0.00826. The van der Waals surface area contributed by atoms with E-state index in [9.17, 15) is 14.0 Å². The molecule has 2 aliphatic carbocycles. The number of amides is 1. The molecule has 4 rings (SSSR count). The fraction of sp³-hybridized carbons (Fsp3) is 0.486. The molecule has 1 fully saturated rings. The molecule has 0 spiro atoms. The van der Waals surface area contributed by atoms with Crippen LogP contribution < -0.4 is 25.3 Å². The number of allylic oxidation sites excluding steroid dienone is 7. The molecule has 1 aromatic carbocycles. The van der Waals surface area contributed by atoms with Crippen LogP contribution in [0.25, 0.3) is 6.08 Å². The lowest BCUT2D eigenvalue weighted by Gasteiger charge is -2.30. The predicted molar refractivity (Wildman–Crippen MR) is 170 cm³/mol. The zero-order chi connectivity index (χ0) is 31.8. The van der Waals surface area contributed by atoms with Gasteiger partial charge in [0.25, 0.3) is 0 Å². The molecule has 0 saturated carbocycles. The number of fused-ring (bicyclic) bond motifs is 1. The van der Waals surface area contributed by atoms with Crippen molar-refractivity contribution in [3.8, 4) is 17.2 Å². The zero-order valence-electron chi connectivity index (χ0n) is 26.7. The fourth-order valence-electron chi connectivity index (χ4n) is 6.41. The number of ketones is 1. The van der Waals surface area contributed by atoms with E-state index in [2.05, 4.69) is 29.9 Å². The largest absolute Gasteiger partial charge is 0.493 e. The fourth-order valence-corrected chi connectivity index (χ4v) is 6.41. The Morgan fingerprint density at radius 1 is 1.14 bits per heavy atom. The van der Waals surface area contributed by atoms with Crippen LogP contribution in [0.3, 0.4) is 0 Å². The topological polar surface area (TPSA) is 105 Å². The van der Waals surface area contributed by atoms with Crippen LogP contribution in [-0.4, -0.2) is 63.6 Å². The van der Waals surface area contributed by atoms with Crippen LogP contribution in [0.15, 0.2) is 64.7 Å². The van der Waals surface area contributed by atoms with E-state index in [1.54, 1.807) is 14.2 Å². The van der Waals surface area contributed by atoms with Gasteiger partial charge in [-0.05, 0) is 111 Å². The third kappa shape index (κ3) is 8.07. The van der Waals surface area contributed by atoms with Crippen molar-refractivity contribution in [1.82, 2.24) is 10.2 Å². The second-order valence-corrected chi connectivity index (χ2v) is 11.9. The number of halogens is 1. The van der Waals surface area contributed by atoms with E-state index in [4.69, 9.17) is 14.2 Å². The van der Waals surface area contributed by atoms with E-state index in [0.29, 0.717) is 23.2 Å². The van der Waals surface area contributed by atoms with Gasteiger partial charge < -0.3 is 30.2 Å². The highest BCUT2D eigenvalue weighted by Crippen LogP contribution is 2.48. The standard InChI is InChI=1S/C35H46FN3O5/c1-22-29(28-10-9-26(36)19-30(28)31(22)21-38-34(41)20-27(40)11-13-37)16-24-17-32(42-4)35(33(18-24)43-5)44-23(2)25-8-6-7-14-39(3)15-12-25/h9-11,13,16-18,23,25,30H,6-8,12,14-15,19-21,37H2,1-5H3,(H,38,41)/p+1/b13-11?,29-16-. The predicted octanol–water partition coefficient (Wildman–Crippen LogP) is 4.94. The van der Waals surface area contributed by atoms with Gasteiger partial charge in [-0.25, -0.2) is 4.39 Å². The van der Waals surface area contributed by atoms with Gasteiger partial charge in [-0.1, -0.05) is 12.5 Å². The maximum Gasteiger partial charge on any atom is 0.228 e. The summed E-state index contributed by atoms with van der Waals surface area (Å²) in [5, 5.41) is 2.85. The van der Waals surface area contributed by atoms with Gasteiger partial charge in [0, 0.05) is 25.0 Å². The summed E-state index contributed by atoms with van der Waals surface area (Å²) in [6.45, 7) is 6.54. The molecule has 44 heavy (non-hydrogen) atoms. The molecular formula is C35H47FN3O5+. The highest BCUT2D eigenvalue weighted by atomic mass is 19.1. The van der Waals surface area contributed by atoms with Crippen molar-refractivity contribution < 1.29 is 33.9 Å². The van der Waals surface area contributed by atoms with Gasteiger partial charge >= 0.3 is 0 Å². The minimum Gasteiger partial charge on any atom is -0.493 e. The van der Waals surface area contributed by atoms with Crippen molar-refractivity contribution in [3.63, 3.8) is 0 Å². The van der Waals surface area contributed by atoms with Gasteiger partial charge in [-0.3, -0.25) is 9.59 Å². The molecule has 3 aliphatic rings. The number of carbonyl (C=O) groups is 2. The number of methoxy groups -OCH3 is 2. The second-order valence-electron chi connectivity index (χ2n) is 11.9. The van der Waals surface area contributed by atoms with Crippen molar-refractivity contribution in [2.24, 2.45) is 11.8 Å². The Balaban J connectivity index is 1.61. The molecule has 0 radical (unpaired) electrons. The number of hydrogen-bond acceptors (Lipinski definition) is 6. The summed E-state index contributed by atoms with van der Waals surface area (Å²) in [4.78, 5) is 26.7. The molecule has 1 saturated heterocycles. The molecule has 1 heterocycles. The van der Waals surface area contributed by atoms with Crippen LogP contribution in [-0.2, 0) is 9.59 Å². The molecule has 3 atom stereocenters. The van der Waals surface area contributed by atoms with Crippen LogP contribution in [0.2, 0.25) is 0 Å². The van der Waals surface area contributed by atoms with Crippen molar-refractivity contribution in [3.05, 3.63) is 70.2 Å². The first-order valence-electron chi connectivity index (χ1n) is 15.5. The van der Waals surface area contributed by atoms with Gasteiger partial charge in [0.1, 0.15) is 5.83 Å². The Kier molecular flexibility index (Phi) is 11.6. The molecule has 238 valence electrons. The van der Waals surface area contributed by atoms with E-state index >= 15 is 0 Å². The maximum atomic E-state index is 14.5. The normalized spacial score (nSPS) is 22.6. The maximum absolute atomic E-state index is 14.5. The van der Waals surface area contributed by atoms with Gasteiger partial charge in [-0.15, -0.1) is 0 Å². The number of nitrogens with zero attached hydrogens (tertiary/aromatic N) is 1. The zero-order valence-corrected chi connectivity index (χ0v) is 26.7. The number of ether oxygens (including phenoxy) is 3. The van der Waals surface area contributed by atoms with E-state index in [1.807, 2.05) is 31.2 Å². The Bertz CT molecular complexity index is 1370. The molecular weight excluding hydrogens is 561 g/mol. The molecule has 8 nitrogen and oxygen atoms in total. The number of quaternary nitrogens is 1. The van der Waals surface area contributed by atoms with Crippen molar-refractivity contribution in [2.75, 3.05) is 40.9 Å². The summed E-state index contributed by atoms with van der Waals surface area (Å²) < 4.78 is 32.6. The first-order chi connectivity index (χ1) is 21.1. The lowest BCUT2D eigenvalue weighted by Crippen LogP contribution is -2.39. The first-order valence-corrected chi connectivity index (χ1v) is 15.5. The number of nitrogens with one attached hydrogen (secondary N) is 1. The van der Waals surface area contributed by atoms with Crippen molar-refractivity contribution in [2.45, 2.75) is 58.5 Å². The molecule has 1 amide bonds. The monoisotopic (exact) mass is 608 g/mol. The Labute approximate surface area is 260 Å². The Hall–Kier alpha value is -3.69. The Morgan fingerprint density at radius 3 is 2.55 bits per heavy atom.